The van der Waals surface area contributed by atoms with Crippen LogP contribution in [0.3, 0.4) is 0 Å². The summed E-state index contributed by atoms with van der Waals surface area (Å²) in [7, 11) is 1.64. The second-order valence-corrected chi connectivity index (χ2v) is 7.68. The highest BCUT2D eigenvalue weighted by atomic mass is 32.2. The maximum absolute atomic E-state index is 9.32. The molecule has 0 heterocycles. The minimum Gasteiger partial charge on any atom is -0.508 e. The second kappa shape index (κ2) is 16.0. The molecule has 0 atom stereocenters. The molecule has 0 aliphatic rings. The molecule has 0 amide bonds. The predicted octanol–water partition coefficient (Wildman–Crippen LogP) is 6.67. The van der Waals surface area contributed by atoms with Crippen LogP contribution in [0.4, 0.5) is 0 Å². The van der Waals surface area contributed by atoms with Crippen LogP contribution in [0.1, 0.15) is 43.9 Å². The Hall–Kier alpha value is -2.67. The van der Waals surface area contributed by atoms with E-state index >= 15 is 0 Å². The summed E-state index contributed by atoms with van der Waals surface area (Å²) >= 11 is 1.23. The highest BCUT2D eigenvalue weighted by molar-refractivity contribution is 7.97. The summed E-state index contributed by atoms with van der Waals surface area (Å²) in [6.07, 6.45) is 2.55. The van der Waals surface area contributed by atoms with Crippen molar-refractivity contribution >= 4 is 11.9 Å². The van der Waals surface area contributed by atoms with E-state index in [0.717, 1.165) is 46.8 Å². The zero-order valence-electron chi connectivity index (χ0n) is 20.3. The third kappa shape index (κ3) is 9.78. The van der Waals surface area contributed by atoms with E-state index in [-0.39, 0.29) is 12.4 Å². The van der Waals surface area contributed by atoms with Crippen LogP contribution in [0.15, 0.2) is 65.6 Å². The molecule has 0 spiro atoms. The number of aromatic hydroxyl groups is 1. The van der Waals surface area contributed by atoms with Gasteiger partial charge in [0.1, 0.15) is 23.0 Å². The predicted molar refractivity (Wildman–Crippen MR) is 139 cm³/mol. The zero-order chi connectivity index (χ0) is 24.6. The van der Waals surface area contributed by atoms with Crippen LogP contribution in [0, 0.1) is 6.92 Å². The standard InChI is InChI=1S/C18H22O3.C7H9NOS.C2H6/c1-3-15-12-14(5-4-10-19)11-13(2)18(15)21-17-8-6-16(20)7-9-17;1-9-6-2-4-7(10-8)5-3-6;1-2/h6-9,11-12,19-20H,3-5,10H2,1-2H3;2-5H,8H2,1H3;1-2H3. The number of methoxy groups -OCH3 is 1. The molecule has 0 aliphatic carbocycles. The second-order valence-electron chi connectivity index (χ2n) is 6.97. The van der Waals surface area contributed by atoms with Crippen LogP contribution >= 0.6 is 11.9 Å². The Balaban J connectivity index is 0.000000380. The van der Waals surface area contributed by atoms with Gasteiger partial charge in [0.05, 0.1) is 7.11 Å². The molecule has 0 aromatic heterocycles. The molecule has 3 rings (SSSR count). The SMILES string of the molecule is CC.CCc1cc(CCCO)cc(C)c1Oc1ccc(O)cc1.COc1ccc(SN)cc1. The molecule has 3 aromatic rings. The fraction of sp³-hybridized carbons (Fsp3) is 0.333. The van der Waals surface area contributed by atoms with E-state index < -0.39 is 0 Å². The molecular formula is C27H37NO4S. The molecule has 4 N–H and O–H groups in total. The van der Waals surface area contributed by atoms with Crippen molar-refractivity contribution in [3.8, 4) is 23.0 Å². The first-order valence-corrected chi connectivity index (χ1v) is 12.1. The van der Waals surface area contributed by atoms with Gasteiger partial charge in [0, 0.05) is 11.5 Å². The molecule has 0 saturated heterocycles. The Morgan fingerprint density at radius 3 is 2.06 bits per heavy atom. The highest BCUT2D eigenvalue weighted by Gasteiger charge is 2.10. The minimum absolute atomic E-state index is 0.215. The van der Waals surface area contributed by atoms with Gasteiger partial charge in [-0.1, -0.05) is 32.9 Å². The molecule has 0 saturated carbocycles. The van der Waals surface area contributed by atoms with Gasteiger partial charge < -0.3 is 19.7 Å². The highest BCUT2D eigenvalue weighted by Crippen LogP contribution is 2.31. The number of phenols is 1. The summed E-state index contributed by atoms with van der Waals surface area (Å²) in [6, 6.07) is 18.6. The van der Waals surface area contributed by atoms with Crippen LogP contribution in [-0.2, 0) is 12.8 Å². The first kappa shape index (κ1) is 28.4. The lowest BCUT2D eigenvalue weighted by atomic mass is 10.00. The van der Waals surface area contributed by atoms with E-state index in [2.05, 4.69) is 19.1 Å². The molecule has 5 nitrogen and oxygen atoms in total. The summed E-state index contributed by atoms with van der Waals surface area (Å²) in [5, 5.41) is 23.6. The maximum atomic E-state index is 9.32. The van der Waals surface area contributed by atoms with Crippen molar-refractivity contribution in [2.24, 2.45) is 5.14 Å². The van der Waals surface area contributed by atoms with Crippen LogP contribution in [0.5, 0.6) is 23.0 Å². The van der Waals surface area contributed by atoms with Crippen LogP contribution < -0.4 is 14.6 Å². The zero-order valence-corrected chi connectivity index (χ0v) is 21.1. The van der Waals surface area contributed by atoms with Gasteiger partial charge >= 0.3 is 0 Å². The van der Waals surface area contributed by atoms with Gasteiger partial charge in [0.25, 0.3) is 0 Å². The topological polar surface area (TPSA) is 84.9 Å². The van der Waals surface area contributed by atoms with Gasteiger partial charge in [0.2, 0.25) is 0 Å². The molecule has 0 aliphatic heterocycles. The largest absolute Gasteiger partial charge is 0.508 e. The Morgan fingerprint density at radius 2 is 1.55 bits per heavy atom. The first-order chi connectivity index (χ1) is 16.0. The summed E-state index contributed by atoms with van der Waals surface area (Å²) in [6.45, 7) is 8.36. The number of phenolic OH excluding ortho intramolecular Hbond substituents is 1. The summed E-state index contributed by atoms with van der Waals surface area (Å²) in [4.78, 5) is 1.04. The van der Waals surface area contributed by atoms with E-state index in [1.807, 2.05) is 45.0 Å². The Labute approximate surface area is 202 Å². The van der Waals surface area contributed by atoms with Crippen molar-refractivity contribution in [1.29, 1.82) is 0 Å². The number of ether oxygens (including phenoxy) is 2. The van der Waals surface area contributed by atoms with Crippen molar-refractivity contribution < 1.29 is 19.7 Å². The molecule has 180 valence electrons. The quantitative estimate of drug-likeness (QED) is 0.318. The number of hydrogen-bond donors (Lipinski definition) is 3. The van der Waals surface area contributed by atoms with Crippen LogP contribution in [0.25, 0.3) is 0 Å². The number of nitrogens with two attached hydrogens (primary N) is 1. The van der Waals surface area contributed by atoms with Crippen molar-refractivity contribution in [2.75, 3.05) is 13.7 Å². The fourth-order valence-electron chi connectivity index (χ4n) is 3.05. The van der Waals surface area contributed by atoms with E-state index in [1.165, 1.54) is 17.5 Å². The molecule has 0 fully saturated rings. The van der Waals surface area contributed by atoms with Gasteiger partial charge in [0.15, 0.2) is 0 Å². The molecule has 33 heavy (non-hydrogen) atoms. The first-order valence-electron chi connectivity index (χ1n) is 11.2. The van der Waals surface area contributed by atoms with Crippen molar-refractivity contribution in [3.63, 3.8) is 0 Å². The number of hydrogen-bond acceptors (Lipinski definition) is 6. The Morgan fingerprint density at radius 1 is 0.939 bits per heavy atom. The number of benzene rings is 3. The van der Waals surface area contributed by atoms with E-state index in [1.54, 1.807) is 31.4 Å². The maximum Gasteiger partial charge on any atom is 0.133 e. The van der Waals surface area contributed by atoms with E-state index in [0.29, 0.717) is 5.75 Å². The molecular weight excluding hydrogens is 434 g/mol. The molecule has 0 unspecified atom stereocenters. The summed E-state index contributed by atoms with van der Waals surface area (Å²) in [5.74, 6) is 2.69. The lowest BCUT2D eigenvalue weighted by molar-refractivity contribution is 0.288. The molecule has 6 heteroatoms. The minimum atomic E-state index is 0.215. The number of aryl methyl sites for hydroxylation is 3. The van der Waals surface area contributed by atoms with Gasteiger partial charge in [-0.05, 0) is 103 Å². The smallest absolute Gasteiger partial charge is 0.133 e. The number of aliphatic hydroxyl groups excluding tert-OH is 1. The van der Waals surface area contributed by atoms with E-state index in [4.69, 9.17) is 19.7 Å². The van der Waals surface area contributed by atoms with Crippen molar-refractivity contribution in [1.82, 2.24) is 0 Å². The van der Waals surface area contributed by atoms with Gasteiger partial charge in [-0.15, -0.1) is 0 Å². The average Bonchev–Trinajstić information content (AvgIpc) is 2.87. The summed E-state index contributed by atoms with van der Waals surface area (Å²) < 4.78 is 10.9. The lowest BCUT2D eigenvalue weighted by Gasteiger charge is -2.15. The van der Waals surface area contributed by atoms with Crippen molar-refractivity contribution in [2.45, 2.75) is 51.9 Å². The Bertz CT molecular complexity index is 905. The number of rotatable bonds is 8. The molecule has 0 bridgehead atoms. The lowest BCUT2D eigenvalue weighted by Crippen LogP contribution is -1.98. The van der Waals surface area contributed by atoms with Gasteiger partial charge in [-0.25, -0.2) is 0 Å². The molecule has 3 aromatic carbocycles. The monoisotopic (exact) mass is 471 g/mol. The summed E-state index contributed by atoms with van der Waals surface area (Å²) in [5.41, 5.74) is 3.49. The van der Waals surface area contributed by atoms with E-state index in [9.17, 15) is 5.11 Å². The van der Waals surface area contributed by atoms with Gasteiger partial charge in [-0.2, -0.15) is 0 Å². The fourth-order valence-corrected chi connectivity index (χ4v) is 3.34. The van der Waals surface area contributed by atoms with Crippen LogP contribution in [0.2, 0.25) is 0 Å². The normalized spacial score (nSPS) is 9.79. The van der Waals surface area contributed by atoms with Crippen LogP contribution in [-0.4, -0.2) is 23.9 Å². The van der Waals surface area contributed by atoms with Crippen molar-refractivity contribution in [3.05, 3.63) is 77.4 Å². The van der Waals surface area contributed by atoms with Gasteiger partial charge in [-0.3, -0.25) is 5.14 Å². The third-order valence-electron chi connectivity index (χ3n) is 4.67. The third-order valence-corrected chi connectivity index (χ3v) is 5.21. The number of aliphatic hydroxyl groups is 1. The average molecular weight is 472 g/mol. The Kier molecular flexibility index (Phi) is 13.8. The molecule has 0 radical (unpaired) electrons.